The van der Waals surface area contributed by atoms with Gasteiger partial charge in [0.2, 0.25) is 0 Å². The Morgan fingerprint density at radius 3 is 2.44 bits per heavy atom. The predicted molar refractivity (Wildman–Crippen MR) is 101 cm³/mol. The lowest BCUT2D eigenvalue weighted by Crippen LogP contribution is -2.48. The van der Waals surface area contributed by atoms with Gasteiger partial charge in [-0.25, -0.2) is 4.79 Å². The molecule has 2 rings (SSSR count). The van der Waals surface area contributed by atoms with Crippen molar-refractivity contribution >= 4 is 12.1 Å². The molecule has 0 unspecified atom stereocenters. The van der Waals surface area contributed by atoms with Gasteiger partial charge in [-0.3, -0.25) is 4.99 Å². The lowest BCUT2D eigenvalue weighted by atomic mass is 9.97. The summed E-state index contributed by atoms with van der Waals surface area (Å²) in [5, 5.41) is 3.32. The molecule has 1 amide bonds. The second kappa shape index (κ2) is 10.5. The molecular formula is C18H35N5O2. The molecule has 0 aromatic carbocycles. The topological polar surface area (TPSA) is 83.2 Å². The number of likely N-dealkylation sites (tertiary alicyclic amines) is 2. The Hall–Kier alpha value is -1.50. The molecule has 25 heavy (non-hydrogen) atoms. The minimum atomic E-state index is -0.211. The molecule has 0 aromatic rings. The van der Waals surface area contributed by atoms with Gasteiger partial charge in [0.1, 0.15) is 0 Å². The van der Waals surface area contributed by atoms with Crippen LogP contribution in [0.3, 0.4) is 0 Å². The number of carbonyl (C=O) groups is 1. The Kier molecular flexibility index (Phi) is 8.31. The minimum absolute atomic E-state index is 0.211. The van der Waals surface area contributed by atoms with Crippen molar-refractivity contribution in [3.8, 4) is 0 Å². The van der Waals surface area contributed by atoms with Crippen LogP contribution in [0.15, 0.2) is 4.99 Å². The minimum Gasteiger partial charge on any atom is -0.450 e. The molecule has 0 atom stereocenters. The van der Waals surface area contributed by atoms with Gasteiger partial charge in [-0.15, -0.1) is 0 Å². The van der Waals surface area contributed by atoms with Crippen molar-refractivity contribution < 1.29 is 9.53 Å². The van der Waals surface area contributed by atoms with Crippen molar-refractivity contribution in [3.05, 3.63) is 0 Å². The number of rotatable bonds is 6. The molecule has 0 aliphatic carbocycles. The van der Waals surface area contributed by atoms with Crippen LogP contribution in [0.1, 0.15) is 46.0 Å². The summed E-state index contributed by atoms with van der Waals surface area (Å²) in [7, 11) is 0. The number of hydrogen-bond acceptors (Lipinski definition) is 4. The van der Waals surface area contributed by atoms with E-state index in [1.165, 1.54) is 38.9 Å². The molecule has 2 fully saturated rings. The van der Waals surface area contributed by atoms with Crippen molar-refractivity contribution in [2.45, 2.75) is 52.0 Å². The number of piperidine rings is 2. The Morgan fingerprint density at radius 2 is 1.84 bits per heavy atom. The molecule has 2 heterocycles. The molecule has 7 heteroatoms. The maximum Gasteiger partial charge on any atom is 0.409 e. The third kappa shape index (κ3) is 6.72. The lowest BCUT2D eigenvalue weighted by molar-refractivity contribution is 0.0963. The normalized spacial score (nSPS) is 21.4. The van der Waals surface area contributed by atoms with E-state index >= 15 is 0 Å². The zero-order valence-electron chi connectivity index (χ0n) is 15.9. The molecule has 3 N–H and O–H groups in total. The summed E-state index contributed by atoms with van der Waals surface area (Å²) in [6.45, 7) is 10.3. The van der Waals surface area contributed by atoms with Crippen LogP contribution in [0.2, 0.25) is 0 Å². The van der Waals surface area contributed by atoms with Crippen molar-refractivity contribution in [2.24, 2.45) is 16.6 Å². The second-order valence-electron chi connectivity index (χ2n) is 7.12. The van der Waals surface area contributed by atoms with Crippen molar-refractivity contribution in [1.82, 2.24) is 15.1 Å². The van der Waals surface area contributed by atoms with E-state index in [1.54, 1.807) is 4.90 Å². The first-order valence-electron chi connectivity index (χ1n) is 9.82. The molecule has 2 aliphatic heterocycles. The van der Waals surface area contributed by atoms with Crippen LogP contribution >= 0.6 is 0 Å². The average molecular weight is 354 g/mol. The second-order valence-corrected chi connectivity index (χ2v) is 7.12. The fourth-order valence-electron chi connectivity index (χ4n) is 3.61. The number of nitrogens with two attached hydrogens (primary N) is 1. The van der Waals surface area contributed by atoms with Crippen LogP contribution in [0.4, 0.5) is 4.79 Å². The third-order valence-corrected chi connectivity index (χ3v) is 5.14. The molecule has 7 nitrogen and oxygen atoms in total. The number of guanidine groups is 1. The van der Waals surface area contributed by atoms with Crippen molar-refractivity contribution in [1.29, 1.82) is 0 Å². The molecule has 0 bridgehead atoms. The summed E-state index contributed by atoms with van der Waals surface area (Å²) in [5.41, 5.74) is 6.06. The summed E-state index contributed by atoms with van der Waals surface area (Å²) in [4.78, 5) is 20.6. The Bertz CT molecular complexity index is 427. The van der Waals surface area contributed by atoms with Gasteiger partial charge in [0, 0.05) is 25.7 Å². The highest BCUT2D eigenvalue weighted by atomic mass is 16.6. The fourth-order valence-corrected chi connectivity index (χ4v) is 3.61. The smallest absolute Gasteiger partial charge is 0.409 e. The predicted octanol–water partition coefficient (Wildman–Crippen LogP) is 1.63. The highest BCUT2D eigenvalue weighted by Crippen LogP contribution is 2.17. The van der Waals surface area contributed by atoms with Gasteiger partial charge in [0.05, 0.1) is 6.61 Å². The van der Waals surface area contributed by atoms with E-state index < -0.39 is 0 Å². The SMILES string of the molecule is CCCN1CCC(CN=C(N)NC2CCN(C(=O)OCC)CC2)CC1. The van der Waals surface area contributed by atoms with Gasteiger partial charge < -0.3 is 25.6 Å². The van der Waals surface area contributed by atoms with Gasteiger partial charge in [-0.2, -0.15) is 0 Å². The maximum absolute atomic E-state index is 11.7. The van der Waals surface area contributed by atoms with Gasteiger partial charge in [-0.05, 0) is 64.6 Å². The summed E-state index contributed by atoms with van der Waals surface area (Å²) in [6, 6.07) is 0.292. The fraction of sp³-hybridized carbons (Fsp3) is 0.889. The molecule has 144 valence electrons. The lowest BCUT2D eigenvalue weighted by Gasteiger charge is -2.32. The van der Waals surface area contributed by atoms with Crippen LogP contribution in [-0.2, 0) is 4.74 Å². The molecule has 0 saturated carbocycles. The number of amides is 1. The number of nitrogens with zero attached hydrogens (tertiary/aromatic N) is 3. The van der Waals surface area contributed by atoms with E-state index in [-0.39, 0.29) is 6.09 Å². The monoisotopic (exact) mass is 353 g/mol. The standard InChI is InChI=1S/C18H35N5O2/c1-3-9-22-10-5-15(6-11-22)14-20-17(19)21-16-7-12-23(13-8-16)18(24)25-4-2/h15-16H,3-14H2,1-2H3,(H3,19,20,21). The van der Waals surface area contributed by atoms with E-state index in [9.17, 15) is 4.79 Å². The van der Waals surface area contributed by atoms with Gasteiger partial charge in [0.15, 0.2) is 5.96 Å². The first-order valence-corrected chi connectivity index (χ1v) is 9.82. The first-order chi connectivity index (χ1) is 12.1. The Morgan fingerprint density at radius 1 is 1.16 bits per heavy atom. The highest BCUT2D eigenvalue weighted by molar-refractivity contribution is 5.78. The molecule has 2 saturated heterocycles. The summed E-state index contributed by atoms with van der Waals surface area (Å²) >= 11 is 0. The number of aliphatic imine (C=N–C) groups is 1. The van der Waals surface area contributed by atoms with E-state index in [1.807, 2.05) is 6.92 Å². The zero-order valence-corrected chi connectivity index (χ0v) is 15.9. The van der Waals surface area contributed by atoms with E-state index in [0.717, 1.165) is 19.4 Å². The molecule has 0 spiro atoms. The molecule has 2 aliphatic rings. The van der Waals surface area contributed by atoms with Crippen LogP contribution < -0.4 is 11.1 Å². The molecule has 0 aromatic heterocycles. The largest absolute Gasteiger partial charge is 0.450 e. The summed E-state index contributed by atoms with van der Waals surface area (Å²) in [6.07, 6.45) is 5.21. The van der Waals surface area contributed by atoms with E-state index in [2.05, 4.69) is 22.1 Å². The summed E-state index contributed by atoms with van der Waals surface area (Å²) in [5.74, 6) is 1.20. The maximum atomic E-state index is 11.7. The van der Waals surface area contributed by atoms with E-state index in [0.29, 0.717) is 37.6 Å². The average Bonchev–Trinajstić information content (AvgIpc) is 2.62. The van der Waals surface area contributed by atoms with Crippen molar-refractivity contribution in [3.63, 3.8) is 0 Å². The number of carbonyl (C=O) groups excluding carboxylic acids is 1. The zero-order chi connectivity index (χ0) is 18.1. The third-order valence-electron chi connectivity index (χ3n) is 5.14. The van der Waals surface area contributed by atoms with Crippen LogP contribution in [0.5, 0.6) is 0 Å². The highest BCUT2D eigenvalue weighted by Gasteiger charge is 2.24. The number of nitrogens with one attached hydrogen (secondary N) is 1. The molecule has 0 radical (unpaired) electrons. The number of ether oxygens (including phenoxy) is 1. The van der Waals surface area contributed by atoms with Gasteiger partial charge in [0.25, 0.3) is 0 Å². The van der Waals surface area contributed by atoms with Gasteiger partial charge in [-0.1, -0.05) is 6.92 Å². The molecular weight excluding hydrogens is 318 g/mol. The number of hydrogen-bond donors (Lipinski definition) is 2. The van der Waals surface area contributed by atoms with Crippen LogP contribution in [0.25, 0.3) is 0 Å². The Labute approximate surface area is 152 Å². The van der Waals surface area contributed by atoms with E-state index in [4.69, 9.17) is 10.5 Å². The van der Waals surface area contributed by atoms with Crippen LogP contribution in [0, 0.1) is 5.92 Å². The summed E-state index contributed by atoms with van der Waals surface area (Å²) < 4.78 is 5.04. The first kappa shape index (κ1) is 19.8. The van der Waals surface area contributed by atoms with Gasteiger partial charge >= 0.3 is 6.09 Å². The Balaban J connectivity index is 1.64. The van der Waals surface area contributed by atoms with Crippen LogP contribution in [-0.4, -0.2) is 73.8 Å². The van der Waals surface area contributed by atoms with Crippen molar-refractivity contribution in [2.75, 3.05) is 45.9 Å². The quantitative estimate of drug-likeness (QED) is 0.560.